The minimum Gasteiger partial charge on any atom is -0.494 e. The predicted octanol–water partition coefficient (Wildman–Crippen LogP) is 7.18. The Morgan fingerprint density at radius 1 is 0.829 bits per heavy atom. The number of oxazole rings is 1. The SMILES string of the molecule is CCOC(=O)C(CCCCCOc1ccc2cc(-c3nc4ccc(N(CC)CC)cc4o3)ccc2c1)C(=O)OCC. The molecule has 0 amide bonds. The van der Waals surface area contributed by atoms with E-state index < -0.39 is 17.9 Å². The summed E-state index contributed by atoms with van der Waals surface area (Å²) in [5.74, 6) is -0.482. The summed E-state index contributed by atoms with van der Waals surface area (Å²) >= 11 is 0. The van der Waals surface area contributed by atoms with Crippen LogP contribution in [-0.4, -0.2) is 49.8 Å². The van der Waals surface area contributed by atoms with Crippen LogP contribution in [0.25, 0.3) is 33.3 Å². The molecule has 0 bridgehead atoms. The predicted molar refractivity (Wildman–Crippen MR) is 161 cm³/mol. The van der Waals surface area contributed by atoms with Crippen LogP contribution in [0.5, 0.6) is 5.75 Å². The highest BCUT2D eigenvalue weighted by Gasteiger charge is 2.28. The fourth-order valence-electron chi connectivity index (χ4n) is 4.90. The van der Waals surface area contributed by atoms with E-state index in [0.717, 1.165) is 64.8 Å². The monoisotopic (exact) mass is 560 g/mol. The van der Waals surface area contributed by atoms with Gasteiger partial charge in [0, 0.05) is 30.4 Å². The summed E-state index contributed by atoms with van der Waals surface area (Å²) in [5, 5.41) is 2.14. The third-order valence-electron chi connectivity index (χ3n) is 7.11. The van der Waals surface area contributed by atoms with Gasteiger partial charge in [0.05, 0.1) is 19.8 Å². The first-order valence-electron chi connectivity index (χ1n) is 14.6. The first-order valence-corrected chi connectivity index (χ1v) is 14.6. The van der Waals surface area contributed by atoms with Crippen molar-refractivity contribution in [3.05, 3.63) is 54.6 Å². The average molecular weight is 561 g/mol. The maximum absolute atomic E-state index is 12.1. The zero-order valence-electron chi connectivity index (χ0n) is 24.5. The molecule has 1 heterocycles. The molecule has 0 atom stereocenters. The van der Waals surface area contributed by atoms with E-state index in [1.807, 2.05) is 30.3 Å². The molecular formula is C33H40N2O6. The molecule has 8 nitrogen and oxygen atoms in total. The van der Waals surface area contributed by atoms with Crippen molar-refractivity contribution in [1.82, 2.24) is 4.98 Å². The normalized spacial score (nSPS) is 11.2. The van der Waals surface area contributed by atoms with Gasteiger partial charge >= 0.3 is 11.9 Å². The molecule has 0 aliphatic rings. The number of hydrogen-bond acceptors (Lipinski definition) is 8. The molecule has 0 spiro atoms. The highest BCUT2D eigenvalue weighted by Crippen LogP contribution is 2.30. The number of hydrogen-bond donors (Lipinski definition) is 0. The smallest absolute Gasteiger partial charge is 0.320 e. The summed E-state index contributed by atoms with van der Waals surface area (Å²) in [7, 11) is 0. The lowest BCUT2D eigenvalue weighted by atomic mass is 10.0. The zero-order chi connectivity index (χ0) is 29.2. The molecule has 1 aromatic heterocycles. The van der Waals surface area contributed by atoms with Gasteiger partial charge in [0.25, 0.3) is 0 Å². The van der Waals surface area contributed by atoms with E-state index in [2.05, 4.69) is 43.0 Å². The lowest BCUT2D eigenvalue weighted by molar-refractivity contribution is -0.161. The number of esters is 2. The first-order chi connectivity index (χ1) is 20.0. The van der Waals surface area contributed by atoms with Crippen molar-refractivity contribution in [2.75, 3.05) is 37.8 Å². The maximum Gasteiger partial charge on any atom is 0.320 e. The molecule has 0 radical (unpaired) electrons. The number of anilines is 1. The first kappa shape index (κ1) is 29.9. The van der Waals surface area contributed by atoms with E-state index in [1.54, 1.807) is 13.8 Å². The summed E-state index contributed by atoms with van der Waals surface area (Å²) in [4.78, 5) is 31.2. The van der Waals surface area contributed by atoms with Crippen LogP contribution in [0.15, 0.2) is 59.0 Å². The fraction of sp³-hybridized carbons (Fsp3) is 0.424. The second-order valence-electron chi connectivity index (χ2n) is 9.82. The second kappa shape index (κ2) is 14.5. The van der Waals surface area contributed by atoms with Crippen molar-refractivity contribution < 1.29 is 28.2 Å². The quantitative estimate of drug-likeness (QED) is 0.0858. The summed E-state index contributed by atoms with van der Waals surface area (Å²) in [6, 6.07) is 18.3. The van der Waals surface area contributed by atoms with Gasteiger partial charge in [0.2, 0.25) is 5.89 Å². The van der Waals surface area contributed by atoms with Crippen molar-refractivity contribution in [2.24, 2.45) is 5.92 Å². The van der Waals surface area contributed by atoms with Crippen molar-refractivity contribution >= 4 is 39.5 Å². The van der Waals surface area contributed by atoms with Gasteiger partial charge in [-0.05, 0) is 87.7 Å². The Labute approximate surface area is 241 Å². The van der Waals surface area contributed by atoms with Gasteiger partial charge in [-0.2, -0.15) is 0 Å². The second-order valence-corrected chi connectivity index (χ2v) is 9.82. The van der Waals surface area contributed by atoms with Crippen LogP contribution < -0.4 is 9.64 Å². The van der Waals surface area contributed by atoms with Gasteiger partial charge in [-0.25, -0.2) is 4.98 Å². The molecule has 0 fully saturated rings. The maximum atomic E-state index is 12.1. The highest BCUT2D eigenvalue weighted by molar-refractivity contribution is 5.94. The van der Waals surface area contributed by atoms with Gasteiger partial charge in [0.1, 0.15) is 11.3 Å². The Hall–Kier alpha value is -4.07. The van der Waals surface area contributed by atoms with Crippen LogP contribution in [0.4, 0.5) is 5.69 Å². The number of ether oxygens (including phenoxy) is 3. The highest BCUT2D eigenvalue weighted by atomic mass is 16.6. The number of unbranched alkanes of at least 4 members (excludes halogenated alkanes) is 2. The Kier molecular flexibility index (Phi) is 10.6. The van der Waals surface area contributed by atoms with E-state index in [4.69, 9.17) is 23.6 Å². The van der Waals surface area contributed by atoms with E-state index >= 15 is 0 Å². The Bertz CT molecular complexity index is 1440. The number of nitrogens with zero attached hydrogens (tertiary/aromatic N) is 2. The lowest BCUT2D eigenvalue weighted by Gasteiger charge is -2.20. The molecule has 3 aromatic carbocycles. The summed E-state index contributed by atoms with van der Waals surface area (Å²) < 4.78 is 22.2. The topological polar surface area (TPSA) is 91.1 Å². The van der Waals surface area contributed by atoms with Crippen molar-refractivity contribution in [3.63, 3.8) is 0 Å². The molecule has 0 unspecified atom stereocenters. The molecule has 218 valence electrons. The van der Waals surface area contributed by atoms with Gasteiger partial charge in [-0.1, -0.05) is 25.0 Å². The molecule has 8 heteroatoms. The van der Waals surface area contributed by atoms with Crippen molar-refractivity contribution in [2.45, 2.75) is 53.4 Å². The molecule has 0 saturated heterocycles. The number of aromatic nitrogens is 1. The average Bonchev–Trinajstić information content (AvgIpc) is 3.41. The zero-order valence-corrected chi connectivity index (χ0v) is 24.5. The molecule has 41 heavy (non-hydrogen) atoms. The number of rotatable bonds is 15. The van der Waals surface area contributed by atoms with Crippen molar-refractivity contribution in [1.29, 1.82) is 0 Å². The van der Waals surface area contributed by atoms with Crippen LogP contribution in [0.3, 0.4) is 0 Å². The third-order valence-corrected chi connectivity index (χ3v) is 7.11. The van der Waals surface area contributed by atoms with Gasteiger partial charge < -0.3 is 23.5 Å². The Balaban J connectivity index is 1.32. The van der Waals surface area contributed by atoms with E-state index in [9.17, 15) is 9.59 Å². The third kappa shape index (κ3) is 7.57. The van der Waals surface area contributed by atoms with E-state index in [1.165, 1.54) is 0 Å². The van der Waals surface area contributed by atoms with Gasteiger partial charge in [-0.3, -0.25) is 9.59 Å². The molecular weight excluding hydrogens is 520 g/mol. The Morgan fingerprint density at radius 2 is 1.54 bits per heavy atom. The standard InChI is InChI=1S/C33H40N2O6/c1-5-35(6-2)26-16-18-29-30(22-26)41-31(34-29)25-14-13-24-21-27(17-15-23(24)20-25)40-19-11-9-10-12-28(32(36)38-7-3)33(37)39-8-4/h13-18,20-22,28H,5-12,19H2,1-4H3. The van der Waals surface area contributed by atoms with Crippen LogP contribution in [0, 0.1) is 5.92 Å². The summed E-state index contributed by atoms with van der Waals surface area (Å²) in [6.45, 7) is 10.6. The molecule has 0 aliphatic heterocycles. The number of carbonyl (C=O) groups is 2. The van der Waals surface area contributed by atoms with Crippen molar-refractivity contribution in [3.8, 4) is 17.2 Å². The minimum absolute atomic E-state index is 0.240. The van der Waals surface area contributed by atoms with Crippen LogP contribution in [-0.2, 0) is 19.1 Å². The van der Waals surface area contributed by atoms with Crippen LogP contribution >= 0.6 is 0 Å². The van der Waals surface area contributed by atoms with Crippen LogP contribution in [0.1, 0.15) is 53.4 Å². The largest absolute Gasteiger partial charge is 0.494 e. The van der Waals surface area contributed by atoms with Gasteiger partial charge in [0.15, 0.2) is 11.5 Å². The number of fused-ring (bicyclic) bond motifs is 2. The molecule has 4 rings (SSSR count). The van der Waals surface area contributed by atoms with Gasteiger partial charge in [-0.15, -0.1) is 0 Å². The molecule has 0 aliphatic carbocycles. The molecule has 4 aromatic rings. The molecule has 0 saturated carbocycles. The summed E-state index contributed by atoms with van der Waals surface area (Å²) in [5.41, 5.74) is 3.69. The molecule has 0 N–H and O–H groups in total. The van der Waals surface area contributed by atoms with Crippen LogP contribution in [0.2, 0.25) is 0 Å². The fourth-order valence-corrected chi connectivity index (χ4v) is 4.90. The lowest BCUT2D eigenvalue weighted by Crippen LogP contribution is -2.28. The number of benzene rings is 3. The Morgan fingerprint density at radius 3 is 2.24 bits per heavy atom. The van der Waals surface area contributed by atoms with E-state index in [-0.39, 0.29) is 13.2 Å². The summed E-state index contributed by atoms with van der Waals surface area (Å²) in [6.07, 6.45) is 2.75. The van der Waals surface area contributed by atoms with E-state index in [0.29, 0.717) is 25.3 Å². The number of carbonyl (C=O) groups excluding carboxylic acids is 2. The minimum atomic E-state index is -0.860.